The van der Waals surface area contributed by atoms with Gasteiger partial charge in [-0.1, -0.05) is 78.1 Å². The molecule has 0 aliphatic carbocycles. The summed E-state index contributed by atoms with van der Waals surface area (Å²) < 4.78 is 0. The van der Waals surface area contributed by atoms with E-state index in [9.17, 15) is 0 Å². The van der Waals surface area contributed by atoms with E-state index in [-0.39, 0.29) is 0 Å². The fourth-order valence-corrected chi connectivity index (χ4v) is 2.74. The van der Waals surface area contributed by atoms with Crippen LogP contribution in [0.25, 0.3) is 0 Å². The van der Waals surface area contributed by atoms with Crippen LogP contribution in [0.5, 0.6) is 0 Å². The molecule has 0 saturated heterocycles. The first-order chi connectivity index (χ1) is 9.41. The molecule has 0 aliphatic heterocycles. The number of unbranched alkanes of at least 4 members (excludes halogenated alkanes) is 10. The van der Waals surface area contributed by atoms with Crippen molar-refractivity contribution in [2.24, 2.45) is 4.99 Å². The van der Waals surface area contributed by atoms with E-state index in [0.29, 0.717) is 0 Å². The lowest BCUT2D eigenvalue weighted by molar-refractivity contribution is 0.558. The second-order valence-corrected chi connectivity index (χ2v) is 6.24. The average Bonchev–Trinajstić information content (AvgIpc) is 2.43. The van der Waals surface area contributed by atoms with Crippen LogP contribution in [-0.4, -0.2) is 17.8 Å². The molecule has 0 N–H and O–H groups in total. The molecule has 0 aromatic rings. The van der Waals surface area contributed by atoms with Crippen LogP contribution in [0.3, 0.4) is 0 Å². The number of aliphatic imine (C=N–C) groups is 1. The number of rotatable bonds is 15. The zero-order valence-electron chi connectivity index (χ0n) is 13.3. The molecule has 0 spiro atoms. The van der Waals surface area contributed by atoms with Gasteiger partial charge in [-0.15, -0.1) is 11.8 Å². The molecule has 0 aromatic heterocycles. The highest BCUT2D eigenvalue weighted by atomic mass is 32.2. The zero-order valence-corrected chi connectivity index (χ0v) is 14.1. The highest BCUT2D eigenvalue weighted by Crippen LogP contribution is 2.10. The van der Waals surface area contributed by atoms with Crippen LogP contribution in [0, 0.1) is 0 Å². The summed E-state index contributed by atoms with van der Waals surface area (Å²) in [5, 5.41) is 0. The fraction of sp³-hybridized carbons (Fsp3) is 0.941. The second-order valence-electron chi connectivity index (χ2n) is 5.36. The first-order valence-corrected chi connectivity index (χ1v) is 9.43. The normalized spacial score (nSPS) is 11.5. The molecule has 0 rings (SSSR count). The minimum atomic E-state index is 0.982. The van der Waals surface area contributed by atoms with Crippen molar-refractivity contribution >= 4 is 17.3 Å². The maximum Gasteiger partial charge on any atom is 0.122 e. The van der Waals surface area contributed by atoms with Gasteiger partial charge in [0.1, 0.15) is 5.55 Å². The number of thioether (sulfide) groups is 1. The minimum absolute atomic E-state index is 0.982. The van der Waals surface area contributed by atoms with Crippen molar-refractivity contribution in [3.8, 4) is 0 Å². The predicted octanol–water partition coefficient (Wildman–Crippen LogP) is 6.35. The van der Waals surface area contributed by atoms with Crippen molar-refractivity contribution in [1.29, 1.82) is 0 Å². The molecule has 1 radical (unpaired) electrons. The molecule has 113 valence electrons. The van der Waals surface area contributed by atoms with Crippen molar-refractivity contribution in [2.75, 3.05) is 12.3 Å². The van der Waals surface area contributed by atoms with Gasteiger partial charge in [0.05, 0.1) is 0 Å². The maximum absolute atomic E-state index is 4.32. The quantitative estimate of drug-likeness (QED) is 0.194. The summed E-state index contributed by atoms with van der Waals surface area (Å²) >= 11 is 1.74. The van der Waals surface area contributed by atoms with Crippen LogP contribution in [-0.2, 0) is 0 Å². The summed E-state index contributed by atoms with van der Waals surface area (Å²) in [5.74, 6) is 1.18. The number of nitrogens with zero attached hydrogens (tertiary/aromatic N) is 1. The van der Waals surface area contributed by atoms with Crippen LogP contribution in [0.2, 0.25) is 0 Å². The first kappa shape index (κ1) is 19.0. The van der Waals surface area contributed by atoms with E-state index >= 15 is 0 Å². The highest BCUT2D eigenvalue weighted by molar-refractivity contribution is 8.12. The Morgan fingerprint density at radius 1 is 0.684 bits per heavy atom. The monoisotopic (exact) mass is 284 g/mol. The van der Waals surface area contributed by atoms with Crippen molar-refractivity contribution in [3.63, 3.8) is 0 Å². The summed E-state index contributed by atoms with van der Waals surface area (Å²) in [6.07, 6.45) is 16.5. The Morgan fingerprint density at radius 3 is 1.79 bits per heavy atom. The smallest absolute Gasteiger partial charge is 0.122 e. The van der Waals surface area contributed by atoms with Crippen LogP contribution in [0.1, 0.15) is 90.9 Å². The van der Waals surface area contributed by atoms with Gasteiger partial charge in [0.2, 0.25) is 0 Å². The Hall–Kier alpha value is 0.0200. The lowest BCUT2D eigenvalue weighted by Gasteiger charge is -2.01. The summed E-state index contributed by atoms with van der Waals surface area (Å²) in [7, 11) is 0. The molecular formula is C17H34NS. The molecule has 19 heavy (non-hydrogen) atoms. The molecular weight excluding hydrogens is 250 g/mol. The van der Waals surface area contributed by atoms with Gasteiger partial charge in [0.15, 0.2) is 0 Å². The second kappa shape index (κ2) is 18.0. The molecule has 0 atom stereocenters. The van der Waals surface area contributed by atoms with Gasteiger partial charge in [-0.2, -0.15) is 0 Å². The molecule has 0 bridgehead atoms. The van der Waals surface area contributed by atoms with Gasteiger partial charge in [0.25, 0.3) is 0 Å². The van der Waals surface area contributed by atoms with Crippen molar-refractivity contribution in [3.05, 3.63) is 0 Å². The third-order valence-corrected chi connectivity index (χ3v) is 4.10. The minimum Gasteiger partial charge on any atom is -0.276 e. The van der Waals surface area contributed by atoms with E-state index in [4.69, 9.17) is 0 Å². The third-order valence-electron chi connectivity index (χ3n) is 3.35. The van der Waals surface area contributed by atoms with Gasteiger partial charge in [0, 0.05) is 6.54 Å². The van der Waals surface area contributed by atoms with Crippen molar-refractivity contribution in [1.82, 2.24) is 0 Å². The van der Waals surface area contributed by atoms with E-state index in [1.807, 2.05) is 0 Å². The summed E-state index contributed by atoms with van der Waals surface area (Å²) in [6.45, 7) is 5.49. The Bertz CT molecular complexity index is 180. The van der Waals surface area contributed by atoms with E-state index in [0.717, 1.165) is 6.54 Å². The van der Waals surface area contributed by atoms with Crippen molar-refractivity contribution < 1.29 is 0 Å². The Morgan fingerprint density at radius 2 is 1.21 bits per heavy atom. The van der Waals surface area contributed by atoms with Gasteiger partial charge >= 0.3 is 0 Å². The molecule has 0 aliphatic rings. The number of hydrogen-bond donors (Lipinski definition) is 0. The van der Waals surface area contributed by atoms with Gasteiger partial charge < -0.3 is 0 Å². The van der Waals surface area contributed by atoms with Crippen LogP contribution < -0.4 is 0 Å². The third kappa shape index (κ3) is 18.0. The molecule has 2 heteroatoms. The fourth-order valence-electron chi connectivity index (χ4n) is 2.03. The van der Waals surface area contributed by atoms with E-state index < -0.39 is 0 Å². The average molecular weight is 285 g/mol. The van der Waals surface area contributed by atoms with E-state index in [2.05, 4.69) is 24.4 Å². The standard InChI is InChI=1S/C17H34NS/c1-3-5-7-8-9-10-11-12-13-14-15-18-17-19-16-6-4-2/h3-16H2,1-2H3. The largest absolute Gasteiger partial charge is 0.276 e. The number of hydrogen-bond acceptors (Lipinski definition) is 2. The van der Waals surface area contributed by atoms with Crippen LogP contribution in [0.15, 0.2) is 4.99 Å². The summed E-state index contributed by atoms with van der Waals surface area (Å²) in [5.41, 5.74) is 3.09. The Kier molecular flexibility index (Phi) is 18.0. The zero-order chi connectivity index (χ0) is 14.0. The predicted molar refractivity (Wildman–Crippen MR) is 91.5 cm³/mol. The lowest BCUT2D eigenvalue weighted by atomic mass is 10.1. The SMILES string of the molecule is CCCCCCCCCCCCN=[C]SCCCC. The van der Waals surface area contributed by atoms with Crippen LogP contribution in [0.4, 0.5) is 0 Å². The van der Waals surface area contributed by atoms with Crippen LogP contribution >= 0.6 is 11.8 Å². The van der Waals surface area contributed by atoms with Gasteiger partial charge in [-0.25, -0.2) is 0 Å². The molecule has 0 amide bonds. The van der Waals surface area contributed by atoms with E-state index in [1.165, 1.54) is 82.8 Å². The van der Waals surface area contributed by atoms with Crippen molar-refractivity contribution in [2.45, 2.75) is 90.9 Å². The van der Waals surface area contributed by atoms with Gasteiger partial charge in [-0.3, -0.25) is 4.99 Å². The Balaban J connectivity index is 2.98. The highest BCUT2D eigenvalue weighted by Gasteiger charge is 1.92. The molecule has 1 nitrogen and oxygen atoms in total. The Labute approximate surface area is 126 Å². The maximum atomic E-state index is 4.32. The molecule has 0 saturated carbocycles. The molecule has 0 aromatic carbocycles. The summed E-state index contributed by atoms with van der Waals surface area (Å²) in [4.78, 5) is 4.32. The topological polar surface area (TPSA) is 12.4 Å². The van der Waals surface area contributed by atoms with E-state index in [1.54, 1.807) is 11.8 Å². The molecule has 0 heterocycles. The molecule has 0 unspecified atom stereocenters. The lowest BCUT2D eigenvalue weighted by Crippen LogP contribution is -1.85. The first-order valence-electron chi connectivity index (χ1n) is 8.45. The summed E-state index contributed by atoms with van der Waals surface area (Å²) in [6, 6.07) is 0. The molecule has 0 fully saturated rings. The van der Waals surface area contributed by atoms with Gasteiger partial charge in [-0.05, 0) is 18.6 Å².